The number of halogens is 2. The quantitative estimate of drug-likeness (QED) is 0.840. The number of hydrogen-bond acceptors (Lipinski definition) is 2. The van der Waals surface area contributed by atoms with Crippen LogP contribution in [0.15, 0.2) is 36.4 Å². The Labute approximate surface area is 134 Å². The maximum Gasteiger partial charge on any atom is 0.120 e. The molecule has 4 heteroatoms. The fourth-order valence-corrected chi connectivity index (χ4v) is 2.97. The molecule has 3 rings (SSSR count). The van der Waals surface area contributed by atoms with E-state index in [1.54, 1.807) is 12.1 Å². The number of nitrogens with one attached hydrogen (secondary N) is 1. The van der Waals surface area contributed by atoms with Gasteiger partial charge in [0.25, 0.3) is 0 Å². The van der Waals surface area contributed by atoms with Crippen molar-refractivity contribution in [3.8, 4) is 5.75 Å². The molecule has 0 saturated carbocycles. The topological polar surface area (TPSA) is 33.1 Å². The minimum Gasteiger partial charge on any atom is -0.489 e. The molecule has 0 amide bonds. The highest BCUT2D eigenvalue weighted by molar-refractivity contribution is 6.35. The first-order valence-corrected chi connectivity index (χ1v) is 7.62. The smallest absolute Gasteiger partial charge is 0.120 e. The van der Waals surface area contributed by atoms with E-state index < -0.39 is 0 Å². The SMILES string of the molecule is N=C1CCc2ccc(OCc3ccc(Cl)cc3Cl)cc2C1. The van der Waals surface area contributed by atoms with Crippen LogP contribution in [0.3, 0.4) is 0 Å². The van der Waals surface area contributed by atoms with E-state index in [4.69, 9.17) is 33.3 Å². The lowest BCUT2D eigenvalue weighted by Gasteiger charge is -2.18. The molecule has 0 saturated heterocycles. The van der Waals surface area contributed by atoms with Gasteiger partial charge in [0.2, 0.25) is 0 Å². The van der Waals surface area contributed by atoms with E-state index in [9.17, 15) is 0 Å². The Morgan fingerprint density at radius 3 is 2.67 bits per heavy atom. The van der Waals surface area contributed by atoms with Crippen LogP contribution in [0.2, 0.25) is 10.0 Å². The maximum absolute atomic E-state index is 7.80. The van der Waals surface area contributed by atoms with Gasteiger partial charge in [0, 0.05) is 27.7 Å². The number of fused-ring (bicyclic) bond motifs is 1. The first kappa shape index (κ1) is 14.4. The lowest BCUT2D eigenvalue weighted by atomic mass is 9.90. The van der Waals surface area contributed by atoms with Gasteiger partial charge in [0.1, 0.15) is 12.4 Å². The summed E-state index contributed by atoms with van der Waals surface area (Å²) in [5.41, 5.74) is 4.22. The third-order valence-electron chi connectivity index (χ3n) is 3.69. The second-order valence-electron chi connectivity index (χ2n) is 5.24. The van der Waals surface area contributed by atoms with E-state index >= 15 is 0 Å². The Morgan fingerprint density at radius 2 is 1.86 bits per heavy atom. The molecule has 0 bridgehead atoms. The molecule has 2 aromatic rings. The molecule has 0 spiro atoms. The highest BCUT2D eigenvalue weighted by Crippen LogP contribution is 2.26. The summed E-state index contributed by atoms with van der Waals surface area (Å²) in [5, 5.41) is 9.04. The van der Waals surface area contributed by atoms with Crippen LogP contribution in [-0.2, 0) is 19.4 Å². The lowest BCUT2D eigenvalue weighted by molar-refractivity contribution is 0.306. The fourth-order valence-electron chi connectivity index (χ4n) is 2.50. The average molecular weight is 320 g/mol. The van der Waals surface area contributed by atoms with Crippen LogP contribution in [0.5, 0.6) is 5.75 Å². The van der Waals surface area contributed by atoms with E-state index in [0.29, 0.717) is 16.7 Å². The first-order valence-electron chi connectivity index (χ1n) is 6.86. The van der Waals surface area contributed by atoms with E-state index in [0.717, 1.165) is 36.3 Å². The summed E-state index contributed by atoms with van der Waals surface area (Å²) < 4.78 is 5.82. The van der Waals surface area contributed by atoms with Crippen LogP contribution in [0.4, 0.5) is 0 Å². The Kier molecular flexibility index (Phi) is 4.18. The Bertz CT molecular complexity index is 697. The van der Waals surface area contributed by atoms with E-state index in [1.165, 1.54) is 11.1 Å². The normalized spacial score (nSPS) is 13.9. The zero-order chi connectivity index (χ0) is 14.8. The van der Waals surface area contributed by atoms with Crippen molar-refractivity contribution < 1.29 is 4.74 Å². The van der Waals surface area contributed by atoms with Gasteiger partial charge in [-0.15, -0.1) is 0 Å². The number of ether oxygens (including phenoxy) is 1. The predicted octanol–water partition coefficient (Wildman–Crippen LogP) is 5.08. The van der Waals surface area contributed by atoms with Crippen LogP contribution in [-0.4, -0.2) is 5.71 Å². The number of aryl methyl sites for hydroxylation is 1. The minimum atomic E-state index is 0.409. The summed E-state index contributed by atoms with van der Waals surface area (Å²) in [6, 6.07) is 11.5. The maximum atomic E-state index is 7.80. The molecule has 0 atom stereocenters. The monoisotopic (exact) mass is 319 g/mol. The largest absolute Gasteiger partial charge is 0.489 e. The van der Waals surface area contributed by atoms with Gasteiger partial charge in [-0.05, 0) is 48.2 Å². The Hall–Kier alpha value is -1.51. The fraction of sp³-hybridized carbons (Fsp3) is 0.235. The summed E-state index contributed by atoms with van der Waals surface area (Å²) in [5.74, 6) is 0.814. The summed E-state index contributed by atoms with van der Waals surface area (Å²) in [6.07, 6.45) is 2.55. The molecule has 21 heavy (non-hydrogen) atoms. The molecule has 1 aliphatic rings. The summed E-state index contributed by atoms with van der Waals surface area (Å²) in [6.45, 7) is 0.409. The predicted molar refractivity (Wildman–Crippen MR) is 87.0 cm³/mol. The van der Waals surface area contributed by atoms with Crippen molar-refractivity contribution in [2.75, 3.05) is 0 Å². The van der Waals surface area contributed by atoms with Crippen LogP contribution in [0, 0.1) is 5.41 Å². The van der Waals surface area contributed by atoms with E-state index in [-0.39, 0.29) is 0 Å². The van der Waals surface area contributed by atoms with Crippen molar-refractivity contribution in [3.05, 3.63) is 63.1 Å². The zero-order valence-electron chi connectivity index (χ0n) is 11.5. The van der Waals surface area contributed by atoms with Crippen molar-refractivity contribution >= 4 is 28.9 Å². The van der Waals surface area contributed by atoms with Gasteiger partial charge < -0.3 is 10.1 Å². The average Bonchev–Trinajstić information content (AvgIpc) is 2.46. The molecule has 0 aliphatic heterocycles. The number of benzene rings is 2. The van der Waals surface area contributed by atoms with Gasteiger partial charge in [0.15, 0.2) is 0 Å². The number of hydrogen-bond donors (Lipinski definition) is 1. The molecule has 2 nitrogen and oxygen atoms in total. The van der Waals surface area contributed by atoms with Gasteiger partial charge in [-0.1, -0.05) is 35.3 Å². The molecule has 0 unspecified atom stereocenters. The Balaban J connectivity index is 1.73. The number of rotatable bonds is 3. The molecule has 0 heterocycles. The molecule has 108 valence electrons. The molecule has 0 fully saturated rings. The van der Waals surface area contributed by atoms with Crippen molar-refractivity contribution in [1.29, 1.82) is 5.41 Å². The highest BCUT2D eigenvalue weighted by Gasteiger charge is 2.13. The third-order valence-corrected chi connectivity index (χ3v) is 4.27. The van der Waals surface area contributed by atoms with E-state index in [2.05, 4.69) is 6.07 Å². The summed E-state index contributed by atoms with van der Waals surface area (Å²) in [4.78, 5) is 0. The minimum absolute atomic E-state index is 0.409. The van der Waals surface area contributed by atoms with Crippen LogP contribution in [0.1, 0.15) is 23.1 Å². The molecule has 1 N–H and O–H groups in total. The van der Waals surface area contributed by atoms with Gasteiger partial charge in [-0.3, -0.25) is 0 Å². The van der Waals surface area contributed by atoms with Crippen molar-refractivity contribution in [2.45, 2.75) is 25.9 Å². The van der Waals surface area contributed by atoms with Gasteiger partial charge in [-0.25, -0.2) is 0 Å². The first-order chi connectivity index (χ1) is 10.1. The van der Waals surface area contributed by atoms with Crippen molar-refractivity contribution in [3.63, 3.8) is 0 Å². The van der Waals surface area contributed by atoms with Crippen LogP contribution >= 0.6 is 23.2 Å². The second-order valence-corrected chi connectivity index (χ2v) is 6.08. The van der Waals surface area contributed by atoms with Crippen LogP contribution < -0.4 is 4.74 Å². The lowest BCUT2D eigenvalue weighted by Crippen LogP contribution is -2.12. The Morgan fingerprint density at radius 1 is 1.00 bits per heavy atom. The zero-order valence-corrected chi connectivity index (χ0v) is 13.0. The summed E-state index contributed by atoms with van der Waals surface area (Å²) >= 11 is 12.0. The van der Waals surface area contributed by atoms with Gasteiger partial charge in [-0.2, -0.15) is 0 Å². The van der Waals surface area contributed by atoms with Gasteiger partial charge >= 0.3 is 0 Å². The highest BCUT2D eigenvalue weighted by atomic mass is 35.5. The van der Waals surface area contributed by atoms with E-state index in [1.807, 2.05) is 18.2 Å². The second kappa shape index (κ2) is 6.08. The summed E-state index contributed by atoms with van der Waals surface area (Å²) in [7, 11) is 0. The van der Waals surface area contributed by atoms with Crippen LogP contribution in [0.25, 0.3) is 0 Å². The molecule has 2 aromatic carbocycles. The van der Waals surface area contributed by atoms with Crippen molar-refractivity contribution in [1.82, 2.24) is 0 Å². The molecule has 1 aliphatic carbocycles. The molecule has 0 radical (unpaired) electrons. The van der Waals surface area contributed by atoms with Crippen molar-refractivity contribution in [2.24, 2.45) is 0 Å². The standard InChI is InChI=1S/C17H15Cl2NO/c18-14-4-1-12(17(19)9-14)10-21-16-6-3-11-2-5-15(20)7-13(11)8-16/h1,3-4,6,8-9,20H,2,5,7,10H2. The molecular formula is C17H15Cl2NO. The third kappa shape index (κ3) is 3.39. The van der Waals surface area contributed by atoms with Gasteiger partial charge in [0.05, 0.1) is 0 Å². The molecular weight excluding hydrogens is 305 g/mol. The molecule has 0 aromatic heterocycles.